The summed E-state index contributed by atoms with van der Waals surface area (Å²) in [6.07, 6.45) is 5.12. The molecule has 0 aromatic carbocycles. The Balaban J connectivity index is 2.51. The molecule has 0 bridgehead atoms. The third-order valence-electron chi connectivity index (χ3n) is 2.55. The molecule has 0 amide bonds. The zero-order chi connectivity index (χ0) is 11.3. The summed E-state index contributed by atoms with van der Waals surface area (Å²) in [7, 11) is 2.00. The van der Waals surface area contributed by atoms with Gasteiger partial charge in [0, 0.05) is 25.2 Å². The SMILES string of the molecule is CCc1cc(CC(N)CCSC)n(C)n1. The second-order valence-electron chi connectivity index (χ2n) is 3.85. The van der Waals surface area contributed by atoms with Gasteiger partial charge in [-0.1, -0.05) is 6.92 Å². The minimum absolute atomic E-state index is 0.262. The largest absolute Gasteiger partial charge is 0.327 e. The summed E-state index contributed by atoms with van der Waals surface area (Å²) in [6, 6.07) is 2.43. The van der Waals surface area contributed by atoms with Gasteiger partial charge in [0.2, 0.25) is 0 Å². The number of nitrogens with zero attached hydrogens (tertiary/aromatic N) is 2. The van der Waals surface area contributed by atoms with E-state index >= 15 is 0 Å². The van der Waals surface area contributed by atoms with E-state index in [-0.39, 0.29) is 6.04 Å². The molecular formula is C11H21N3S. The molecule has 1 rings (SSSR count). The Hall–Kier alpha value is -0.480. The van der Waals surface area contributed by atoms with E-state index in [1.54, 1.807) is 0 Å². The van der Waals surface area contributed by atoms with E-state index in [0.29, 0.717) is 0 Å². The van der Waals surface area contributed by atoms with Gasteiger partial charge in [0.1, 0.15) is 0 Å². The number of rotatable bonds is 6. The highest BCUT2D eigenvalue weighted by molar-refractivity contribution is 7.98. The van der Waals surface area contributed by atoms with Crippen molar-refractivity contribution >= 4 is 11.8 Å². The molecule has 1 atom stereocenters. The van der Waals surface area contributed by atoms with Crippen LogP contribution in [0.2, 0.25) is 0 Å². The molecule has 0 saturated carbocycles. The van der Waals surface area contributed by atoms with Gasteiger partial charge in [-0.2, -0.15) is 16.9 Å². The fraction of sp³-hybridized carbons (Fsp3) is 0.727. The van der Waals surface area contributed by atoms with Gasteiger partial charge in [0.05, 0.1) is 5.69 Å². The van der Waals surface area contributed by atoms with Crippen LogP contribution in [0.1, 0.15) is 24.7 Å². The van der Waals surface area contributed by atoms with Crippen LogP contribution in [-0.4, -0.2) is 27.8 Å². The fourth-order valence-corrected chi connectivity index (χ4v) is 2.11. The van der Waals surface area contributed by atoms with Crippen LogP contribution in [0.5, 0.6) is 0 Å². The van der Waals surface area contributed by atoms with Gasteiger partial charge >= 0.3 is 0 Å². The average Bonchev–Trinajstić information content (AvgIpc) is 2.57. The van der Waals surface area contributed by atoms with E-state index in [4.69, 9.17) is 5.73 Å². The van der Waals surface area contributed by atoms with Crippen LogP contribution in [0.25, 0.3) is 0 Å². The van der Waals surface area contributed by atoms with E-state index in [1.165, 1.54) is 5.69 Å². The molecule has 1 aromatic heterocycles. The predicted molar refractivity (Wildman–Crippen MR) is 67.3 cm³/mol. The van der Waals surface area contributed by atoms with Crippen molar-refractivity contribution < 1.29 is 0 Å². The van der Waals surface area contributed by atoms with Crippen LogP contribution in [-0.2, 0) is 19.9 Å². The summed E-state index contributed by atoms with van der Waals surface area (Å²) < 4.78 is 1.96. The first-order chi connectivity index (χ1) is 7.17. The van der Waals surface area contributed by atoms with E-state index in [2.05, 4.69) is 24.3 Å². The van der Waals surface area contributed by atoms with Crippen LogP contribution >= 0.6 is 11.8 Å². The van der Waals surface area contributed by atoms with Crippen molar-refractivity contribution in [3.05, 3.63) is 17.5 Å². The molecule has 0 radical (unpaired) electrons. The number of aryl methyl sites for hydroxylation is 2. The molecule has 0 saturated heterocycles. The highest BCUT2D eigenvalue weighted by Gasteiger charge is 2.08. The van der Waals surface area contributed by atoms with Crippen LogP contribution in [0.3, 0.4) is 0 Å². The standard InChI is InChI=1S/C11H21N3S/c1-4-10-8-11(14(2)13-10)7-9(12)5-6-15-3/h8-9H,4-7,12H2,1-3H3. The Morgan fingerprint density at radius 1 is 1.60 bits per heavy atom. The van der Waals surface area contributed by atoms with Gasteiger partial charge in [-0.25, -0.2) is 0 Å². The summed E-state index contributed by atoms with van der Waals surface area (Å²) in [4.78, 5) is 0. The van der Waals surface area contributed by atoms with Crippen LogP contribution in [0.4, 0.5) is 0 Å². The second-order valence-corrected chi connectivity index (χ2v) is 4.84. The van der Waals surface area contributed by atoms with Crippen molar-refractivity contribution in [2.45, 2.75) is 32.2 Å². The van der Waals surface area contributed by atoms with Crippen molar-refractivity contribution in [2.24, 2.45) is 12.8 Å². The maximum Gasteiger partial charge on any atom is 0.0624 e. The Bertz CT molecular complexity index is 296. The van der Waals surface area contributed by atoms with Gasteiger partial charge in [0.15, 0.2) is 0 Å². The monoisotopic (exact) mass is 227 g/mol. The first-order valence-corrected chi connectivity index (χ1v) is 6.83. The molecule has 0 aliphatic heterocycles. The first kappa shape index (κ1) is 12.6. The molecule has 2 N–H and O–H groups in total. The van der Waals surface area contributed by atoms with Gasteiger partial charge in [-0.15, -0.1) is 0 Å². The Kier molecular flexibility index (Phi) is 5.19. The average molecular weight is 227 g/mol. The number of nitrogens with two attached hydrogens (primary N) is 1. The topological polar surface area (TPSA) is 43.8 Å². The number of aromatic nitrogens is 2. The van der Waals surface area contributed by atoms with Crippen molar-refractivity contribution in [1.82, 2.24) is 9.78 Å². The van der Waals surface area contributed by atoms with Crippen molar-refractivity contribution in [1.29, 1.82) is 0 Å². The van der Waals surface area contributed by atoms with E-state index in [0.717, 1.165) is 30.7 Å². The first-order valence-electron chi connectivity index (χ1n) is 5.43. The zero-order valence-corrected chi connectivity index (χ0v) is 10.7. The van der Waals surface area contributed by atoms with E-state index in [9.17, 15) is 0 Å². The smallest absolute Gasteiger partial charge is 0.0624 e. The molecule has 0 fully saturated rings. The maximum absolute atomic E-state index is 6.06. The van der Waals surface area contributed by atoms with Gasteiger partial charge in [0.25, 0.3) is 0 Å². The Labute approximate surface area is 96.4 Å². The highest BCUT2D eigenvalue weighted by atomic mass is 32.2. The lowest BCUT2D eigenvalue weighted by molar-refractivity contribution is 0.604. The minimum Gasteiger partial charge on any atom is -0.327 e. The van der Waals surface area contributed by atoms with Crippen molar-refractivity contribution in [2.75, 3.05) is 12.0 Å². The Morgan fingerprint density at radius 2 is 2.33 bits per heavy atom. The normalized spacial score (nSPS) is 13.1. The third-order valence-corrected chi connectivity index (χ3v) is 3.20. The van der Waals surface area contributed by atoms with Crippen LogP contribution in [0.15, 0.2) is 6.07 Å². The van der Waals surface area contributed by atoms with E-state index < -0.39 is 0 Å². The highest BCUT2D eigenvalue weighted by Crippen LogP contribution is 2.09. The molecule has 1 aromatic rings. The summed E-state index contributed by atoms with van der Waals surface area (Å²) in [5.41, 5.74) is 8.46. The molecule has 1 unspecified atom stereocenters. The van der Waals surface area contributed by atoms with Crippen molar-refractivity contribution in [3.63, 3.8) is 0 Å². The van der Waals surface area contributed by atoms with Crippen LogP contribution < -0.4 is 5.73 Å². The summed E-state index contributed by atoms with van der Waals surface area (Å²) in [6.45, 7) is 2.12. The lowest BCUT2D eigenvalue weighted by Gasteiger charge is -2.10. The molecule has 86 valence electrons. The lowest BCUT2D eigenvalue weighted by atomic mass is 10.1. The molecule has 0 aliphatic rings. The predicted octanol–water partition coefficient (Wildman–Crippen LogP) is 1.61. The molecule has 1 heterocycles. The summed E-state index contributed by atoms with van der Waals surface area (Å²) in [5, 5.41) is 4.42. The second kappa shape index (κ2) is 6.18. The third kappa shape index (κ3) is 3.87. The number of thioether (sulfide) groups is 1. The molecular weight excluding hydrogens is 206 g/mol. The van der Waals surface area contributed by atoms with Gasteiger partial charge in [-0.05, 0) is 30.9 Å². The zero-order valence-electron chi connectivity index (χ0n) is 9.86. The molecule has 3 nitrogen and oxygen atoms in total. The molecule has 15 heavy (non-hydrogen) atoms. The summed E-state index contributed by atoms with van der Waals surface area (Å²) in [5.74, 6) is 1.14. The number of hydrogen-bond acceptors (Lipinski definition) is 3. The quantitative estimate of drug-likeness (QED) is 0.803. The molecule has 4 heteroatoms. The summed E-state index contributed by atoms with van der Waals surface area (Å²) >= 11 is 1.85. The Morgan fingerprint density at radius 3 is 2.87 bits per heavy atom. The van der Waals surface area contributed by atoms with Gasteiger partial charge < -0.3 is 5.73 Å². The minimum atomic E-state index is 0.262. The molecule has 0 aliphatic carbocycles. The maximum atomic E-state index is 6.06. The van der Waals surface area contributed by atoms with Crippen LogP contribution in [0, 0.1) is 0 Å². The van der Waals surface area contributed by atoms with E-state index in [1.807, 2.05) is 23.5 Å². The fourth-order valence-electron chi connectivity index (χ4n) is 1.58. The van der Waals surface area contributed by atoms with Crippen molar-refractivity contribution in [3.8, 4) is 0 Å². The lowest BCUT2D eigenvalue weighted by Crippen LogP contribution is -2.24. The van der Waals surface area contributed by atoms with Gasteiger partial charge in [-0.3, -0.25) is 4.68 Å². The number of hydrogen-bond donors (Lipinski definition) is 1. The molecule has 0 spiro atoms.